The summed E-state index contributed by atoms with van der Waals surface area (Å²) >= 11 is 0. The number of amides is 2. The monoisotopic (exact) mass is 613 g/mol. The number of aromatic hydroxyl groups is 1. The van der Waals surface area contributed by atoms with Crippen LogP contribution in [0.15, 0.2) is 45.7 Å². The van der Waals surface area contributed by atoms with Crippen LogP contribution in [0.2, 0.25) is 0 Å². The number of pyridine rings is 1. The first-order chi connectivity index (χ1) is 21.0. The van der Waals surface area contributed by atoms with E-state index in [1.54, 1.807) is 39.0 Å². The zero-order chi connectivity index (χ0) is 32.0. The van der Waals surface area contributed by atoms with E-state index in [0.717, 1.165) is 0 Å². The summed E-state index contributed by atoms with van der Waals surface area (Å²) in [6.45, 7) is 4.15. The number of nitrogens with zero attached hydrogens (tertiary/aromatic N) is 1. The number of ether oxygens (including phenoxy) is 5. The molecule has 0 unspecified atom stereocenters. The van der Waals surface area contributed by atoms with Crippen LogP contribution in [0.25, 0.3) is 11.0 Å². The number of benzene rings is 1. The fraction of sp³-hybridized carbons (Fsp3) is 0.379. The minimum absolute atomic E-state index is 0.0510. The molecule has 1 fully saturated rings. The van der Waals surface area contributed by atoms with Crippen LogP contribution < -0.4 is 25.9 Å². The maximum absolute atomic E-state index is 12.8. The number of fused-ring (bicyclic) bond motifs is 1. The molecule has 0 spiro atoms. The molecule has 3 aromatic rings. The van der Waals surface area contributed by atoms with Crippen molar-refractivity contribution in [2.24, 2.45) is 0 Å². The van der Waals surface area contributed by atoms with Gasteiger partial charge < -0.3 is 43.6 Å². The second-order valence-corrected chi connectivity index (χ2v) is 10.0. The molecule has 1 aliphatic heterocycles. The van der Waals surface area contributed by atoms with Crippen molar-refractivity contribution in [1.29, 1.82) is 0 Å². The van der Waals surface area contributed by atoms with Gasteiger partial charge in [0.05, 0.1) is 11.0 Å². The summed E-state index contributed by atoms with van der Waals surface area (Å²) in [5, 5.41) is 24.3. The van der Waals surface area contributed by atoms with Gasteiger partial charge in [0.15, 0.2) is 30.3 Å². The molecule has 3 heterocycles. The van der Waals surface area contributed by atoms with Crippen molar-refractivity contribution in [3.05, 3.63) is 52.5 Å². The van der Waals surface area contributed by atoms with Gasteiger partial charge in [0.2, 0.25) is 12.2 Å². The second kappa shape index (κ2) is 13.6. The van der Waals surface area contributed by atoms with Crippen LogP contribution in [0.3, 0.4) is 0 Å². The number of aliphatic hydroxyl groups is 1. The molecule has 1 aromatic carbocycles. The molecule has 2 aromatic heterocycles. The summed E-state index contributed by atoms with van der Waals surface area (Å²) in [4.78, 5) is 46.1. The smallest absolute Gasteiger partial charge is 0.431 e. The molecule has 4 N–H and O–H groups in total. The number of hydrogen-bond donors (Lipinski definition) is 4. The summed E-state index contributed by atoms with van der Waals surface area (Å²) < 4.78 is 33.4. The molecule has 0 bridgehead atoms. The Hall–Kier alpha value is -4.88. The lowest BCUT2D eigenvalue weighted by atomic mass is 9.89. The number of terminal acetylenes is 1. The lowest BCUT2D eigenvalue weighted by Crippen LogP contribution is -2.65. The first-order valence-corrected chi connectivity index (χ1v) is 13.2. The van der Waals surface area contributed by atoms with Gasteiger partial charge in [-0.15, -0.1) is 6.42 Å². The normalized spacial score (nSPS) is 20.7. The minimum Gasteiger partial charge on any atom is -0.505 e. The quantitative estimate of drug-likeness (QED) is 0.112. The van der Waals surface area contributed by atoms with Gasteiger partial charge >= 0.3 is 11.7 Å². The Morgan fingerprint density at radius 3 is 2.68 bits per heavy atom. The highest BCUT2D eigenvalue weighted by Crippen LogP contribution is 2.38. The maximum Gasteiger partial charge on any atom is 0.431 e. The average molecular weight is 614 g/mol. The number of methoxy groups -OCH3 is 1. The van der Waals surface area contributed by atoms with Gasteiger partial charge in [-0.25, -0.2) is 14.6 Å². The largest absolute Gasteiger partial charge is 0.505 e. The number of aliphatic hydroxyl groups excluding tert-OH is 1. The van der Waals surface area contributed by atoms with Crippen LogP contribution in [0.4, 0.5) is 10.5 Å². The van der Waals surface area contributed by atoms with E-state index < -0.39 is 65.9 Å². The van der Waals surface area contributed by atoms with E-state index in [1.165, 1.54) is 25.4 Å². The number of carbonyl (C=O) groups is 2. The fourth-order valence-electron chi connectivity index (χ4n) is 4.57. The Bertz CT molecular complexity index is 1600. The van der Waals surface area contributed by atoms with Gasteiger partial charge in [-0.1, -0.05) is 12.0 Å². The fourth-order valence-corrected chi connectivity index (χ4v) is 4.57. The highest BCUT2D eigenvalue weighted by molar-refractivity contribution is 5.98. The molecule has 234 valence electrons. The van der Waals surface area contributed by atoms with Gasteiger partial charge in [0.1, 0.15) is 24.0 Å². The lowest BCUT2D eigenvalue weighted by molar-refractivity contribution is -0.305. The van der Waals surface area contributed by atoms with E-state index in [4.69, 9.17) is 39.4 Å². The predicted octanol–water partition coefficient (Wildman–Crippen LogP) is 1.77. The Kier molecular flexibility index (Phi) is 9.91. The van der Waals surface area contributed by atoms with Crippen molar-refractivity contribution < 1.29 is 52.7 Å². The first-order valence-electron chi connectivity index (χ1n) is 13.2. The summed E-state index contributed by atoms with van der Waals surface area (Å²) in [5.41, 5.74) is -0.442. The third-order valence-corrected chi connectivity index (χ3v) is 6.57. The van der Waals surface area contributed by atoms with Crippen molar-refractivity contribution in [2.45, 2.75) is 51.0 Å². The number of hydrogen-bond acceptors (Lipinski definition) is 13. The third-order valence-electron chi connectivity index (χ3n) is 6.57. The van der Waals surface area contributed by atoms with Gasteiger partial charge in [0, 0.05) is 24.9 Å². The van der Waals surface area contributed by atoms with Crippen LogP contribution in [-0.2, 0) is 23.8 Å². The number of anilines is 1. The third kappa shape index (κ3) is 7.01. The Morgan fingerprint density at radius 1 is 1.23 bits per heavy atom. The van der Waals surface area contributed by atoms with Crippen molar-refractivity contribution in [2.75, 3.05) is 25.6 Å². The molecule has 4 atom stereocenters. The number of nitrogens with one attached hydrogen (secondary N) is 2. The van der Waals surface area contributed by atoms with E-state index in [9.17, 15) is 24.6 Å². The molecule has 4 rings (SSSR count). The molecule has 0 saturated carbocycles. The van der Waals surface area contributed by atoms with Gasteiger partial charge in [-0.3, -0.25) is 9.63 Å². The molecule has 1 aliphatic rings. The summed E-state index contributed by atoms with van der Waals surface area (Å²) in [5.74, 6) is 1.21. The van der Waals surface area contributed by atoms with Crippen LogP contribution in [0, 0.1) is 19.3 Å². The number of carbonyl (C=O) groups excluding carboxylic acids is 2. The molecule has 2 amide bonds. The van der Waals surface area contributed by atoms with Crippen LogP contribution in [-0.4, -0.2) is 77.7 Å². The predicted molar refractivity (Wildman–Crippen MR) is 152 cm³/mol. The van der Waals surface area contributed by atoms with Crippen molar-refractivity contribution in [3.63, 3.8) is 0 Å². The molecule has 0 radical (unpaired) electrons. The van der Waals surface area contributed by atoms with E-state index >= 15 is 0 Å². The van der Waals surface area contributed by atoms with E-state index in [0.29, 0.717) is 0 Å². The van der Waals surface area contributed by atoms with E-state index in [1.807, 2.05) is 5.48 Å². The summed E-state index contributed by atoms with van der Waals surface area (Å²) in [6, 6.07) is 7.73. The summed E-state index contributed by atoms with van der Waals surface area (Å²) in [7, 11) is 1.36. The van der Waals surface area contributed by atoms with Crippen LogP contribution in [0.1, 0.15) is 19.4 Å². The topological polar surface area (TPSA) is 197 Å². The molecule has 15 heteroatoms. The lowest BCUT2D eigenvalue weighted by Gasteiger charge is -2.47. The molecular formula is C29H31N3O12. The SMILES string of the molecule is C#CCONC(=O)O[C@H]1[C@@H](O)[C@H](Oc2ccc3c(O)c(NC(=O)COc4ccccn4)c(=O)oc3c2C)OC(C)(C)[C@@H]1OC. The Morgan fingerprint density at radius 2 is 2.00 bits per heavy atom. The highest BCUT2D eigenvalue weighted by atomic mass is 16.7. The molecule has 1 saturated heterocycles. The molecule has 15 nitrogen and oxygen atoms in total. The zero-order valence-corrected chi connectivity index (χ0v) is 24.2. The number of rotatable bonds is 10. The van der Waals surface area contributed by atoms with Gasteiger partial charge in [-0.2, -0.15) is 5.48 Å². The molecular weight excluding hydrogens is 582 g/mol. The Balaban J connectivity index is 1.54. The van der Waals surface area contributed by atoms with Crippen molar-refractivity contribution in [3.8, 4) is 29.7 Å². The zero-order valence-electron chi connectivity index (χ0n) is 24.2. The van der Waals surface area contributed by atoms with Crippen LogP contribution >= 0.6 is 0 Å². The summed E-state index contributed by atoms with van der Waals surface area (Å²) in [6.07, 6.45) is 0.382. The molecule has 44 heavy (non-hydrogen) atoms. The van der Waals surface area contributed by atoms with Gasteiger partial charge in [-0.05, 0) is 39.0 Å². The van der Waals surface area contributed by atoms with Gasteiger partial charge in [0.25, 0.3) is 5.91 Å². The minimum atomic E-state index is -1.56. The van der Waals surface area contributed by atoms with Crippen LogP contribution in [0.5, 0.6) is 17.4 Å². The maximum atomic E-state index is 12.8. The number of aryl methyl sites for hydroxylation is 1. The first kappa shape index (κ1) is 32.0. The van der Waals surface area contributed by atoms with Crippen molar-refractivity contribution >= 4 is 28.7 Å². The Labute approximate surface area is 250 Å². The van der Waals surface area contributed by atoms with E-state index in [2.05, 4.69) is 16.2 Å². The standard InChI is InChI=1S/C29H31N3O12/c1-6-13-40-32-28(37)43-24-22(35)27(44-29(3,4)25(24)38-5)41-17-11-10-16-21(34)20(26(36)42-23(16)15(17)2)31-18(33)14-39-19-9-7-8-12-30-19/h1,7-12,22,24-25,27,34-35H,13-14H2,2-5H3,(H,31,33)(H,32,37)/t22-,24+,25-,27-/m1/s1. The number of hydroxylamine groups is 1. The second-order valence-electron chi connectivity index (χ2n) is 10.0. The van der Waals surface area contributed by atoms with E-state index in [-0.39, 0.29) is 34.8 Å². The average Bonchev–Trinajstić information content (AvgIpc) is 2.99. The van der Waals surface area contributed by atoms with Crippen molar-refractivity contribution in [1.82, 2.24) is 10.5 Å². The highest BCUT2D eigenvalue weighted by Gasteiger charge is 2.53. The molecule has 0 aliphatic carbocycles. The number of aromatic nitrogens is 1.